The van der Waals surface area contributed by atoms with Crippen LogP contribution in [0, 0.1) is 0 Å². The Balaban J connectivity index is 1.83. The molecule has 0 aliphatic carbocycles. The van der Waals surface area contributed by atoms with Crippen LogP contribution in [0.4, 0.5) is 0 Å². The van der Waals surface area contributed by atoms with Gasteiger partial charge in [0.2, 0.25) is 0 Å². The van der Waals surface area contributed by atoms with Gasteiger partial charge in [-0.3, -0.25) is 4.79 Å². The molecular formula is C24H35N2O5+. The van der Waals surface area contributed by atoms with Crippen LogP contribution in [0.25, 0.3) is 0 Å². The zero-order chi connectivity index (χ0) is 22.6. The highest BCUT2D eigenvalue weighted by molar-refractivity contribution is 5.80. The largest absolute Gasteiger partial charge is 0.494 e. The number of carbonyl (C=O) groups is 1. The van der Waals surface area contributed by atoms with Gasteiger partial charge in [-0.1, -0.05) is 0 Å². The average Bonchev–Trinajstić information content (AvgIpc) is 2.76. The maximum atomic E-state index is 12.1. The zero-order valence-corrected chi connectivity index (χ0v) is 19.2. The number of benzene rings is 2. The summed E-state index contributed by atoms with van der Waals surface area (Å²) in [6.45, 7) is 9.03. The highest BCUT2D eigenvalue weighted by Crippen LogP contribution is 2.29. The van der Waals surface area contributed by atoms with Crippen molar-refractivity contribution in [1.82, 2.24) is 4.90 Å². The lowest BCUT2D eigenvalue weighted by Gasteiger charge is -2.20. The van der Waals surface area contributed by atoms with E-state index in [-0.39, 0.29) is 5.91 Å². The Morgan fingerprint density at radius 2 is 1.58 bits per heavy atom. The molecule has 2 N–H and O–H groups in total. The average molecular weight is 432 g/mol. The normalized spacial score (nSPS) is 11.5. The van der Waals surface area contributed by atoms with Gasteiger partial charge in [0.1, 0.15) is 31.2 Å². The first kappa shape index (κ1) is 24.3. The fourth-order valence-electron chi connectivity index (χ4n) is 2.98. The third kappa shape index (κ3) is 8.02. The summed E-state index contributed by atoms with van der Waals surface area (Å²) >= 11 is 0. The van der Waals surface area contributed by atoms with Crippen molar-refractivity contribution in [2.24, 2.45) is 0 Å². The second-order valence-electron chi connectivity index (χ2n) is 7.24. The molecular weight excluding hydrogens is 396 g/mol. The van der Waals surface area contributed by atoms with Crippen LogP contribution in [-0.4, -0.2) is 57.4 Å². The Hall–Kier alpha value is -2.93. The predicted molar refractivity (Wildman–Crippen MR) is 120 cm³/mol. The van der Waals surface area contributed by atoms with Crippen molar-refractivity contribution in [1.29, 1.82) is 0 Å². The van der Waals surface area contributed by atoms with Gasteiger partial charge in [-0.25, -0.2) is 0 Å². The first-order chi connectivity index (χ1) is 14.9. The molecule has 31 heavy (non-hydrogen) atoms. The number of hydrogen-bond donors (Lipinski definition) is 1. The molecule has 0 bridgehead atoms. The number of quaternary nitrogens is 1. The van der Waals surface area contributed by atoms with Crippen LogP contribution in [-0.2, 0) is 11.3 Å². The third-order valence-corrected chi connectivity index (χ3v) is 4.51. The van der Waals surface area contributed by atoms with E-state index >= 15 is 0 Å². The Labute approximate surface area is 185 Å². The van der Waals surface area contributed by atoms with E-state index in [1.807, 2.05) is 56.3 Å². The molecule has 0 fully saturated rings. The van der Waals surface area contributed by atoms with Gasteiger partial charge in [0.05, 0.1) is 13.2 Å². The summed E-state index contributed by atoms with van der Waals surface area (Å²) in [5, 5.41) is 2.18. The molecule has 0 aliphatic rings. The maximum Gasteiger partial charge on any atom is 0.262 e. The minimum Gasteiger partial charge on any atom is -0.494 e. The Kier molecular flexibility index (Phi) is 9.97. The van der Waals surface area contributed by atoms with Crippen LogP contribution in [0.15, 0.2) is 42.5 Å². The van der Waals surface area contributed by atoms with Gasteiger partial charge >= 0.3 is 0 Å². The number of likely N-dealkylation sites (N-methyl/N-ethyl adjacent to an activating group) is 1. The first-order valence-electron chi connectivity index (χ1n) is 10.8. The lowest BCUT2D eigenvalue weighted by molar-refractivity contribution is -0.671. The minimum atomic E-state index is -0.577. The Morgan fingerprint density at radius 1 is 0.935 bits per heavy atom. The smallest absolute Gasteiger partial charge is 0.262 e. The summed E-state index contributed by atoms with van der Waals surface area (Å²) in [6, 6.07) is 13.5. The van der Waals surface area contributed by atoms with E-state index in [4.69, 9.17) is 18.9 Å². The van der Waals surface area contributed by atoms with E-state index in [9.17, 15) is 4.79 Å². The van der Waals surface area contributed by atoms with Crippen LogP contribution in [0.3, 0.4) is 0 Å². The molecule has 2 aromatic rings. The highest BCUT2D eigenvalue weighted by atomic mass is 16.5. The van der Waals surface area contributed by atoms with Gasteiger partial charge in [0.25, 0.3) is 5.91 Å². The van der Waals surface area contributed by atoms with Crippen molar-refractivity contribution in [3.63, 3.8) is 0 Å². The fraction of sp³-hybridized carbons (Fsp3) is 0.458. The molecule has 0 aliphatic heterocycles. The zero-order valence-electron chi connectivity index (χ0n) is 19.2. The van der Waals surface area contributed by atoms with Crippen molar-refractivity contribution < 1.29 is 29.1 Å². The molecule has 0 saturated carbocycles. The van der Waals surface area contributed by atoms with Crippen LogP contribution in [0.2, 0.25) is 0 Å². The van der Waals surface area contributed by atoms with E-state index in [1.54, 1.807) is 21.0 Å². The number of rotatable bonds is 13. The molecule has 2 rings (SSSR count). The summed E-state index contributed by atoms with van der Waals surface area (Å²) in [4.78, 5) is 13.6. The molecule has 7 nitrogen and oxygen atoms in total. The van der Waals surface area contributed by atoms with Crippen molar-refractivity contribution in [3.8, 4) is 23.0 Å². The topological polar surface area (TPSA) is 73.8 Å². The van der Waals surface area contributed by atoms with Gasteiger partial charge in [-0.2, -0.15) is 0 Å². The highest BCUT2D eigenvalue weighted by Gasteiger charge is 2.19. The summed E-state index contributed by atoms with van der Waals surface area (Å²) < 4.78 is 22.8. The molecule has 7 heteroatoms. The number of hydrogen-bond acceptors (Lipinski definition) is 5. The fourth-order valence-corrected chi connectivity index (χ4v) is 2.98. The maximum absolute atomic E-state index is 12.1. The number of nitrogens with zero attached hydrogens (tertiary/aromatic N) is 1. The van der Waals surface area contributed by atoms with Crippen molar-refractivity contribution in [2.45, 2.75) is 33.4 Å². The molecule has 170 valence electrons. The monoisotopic (exact) mass is 431 g/mol. The number of amides is 1. The quantitative estimate of drug-likeness (QED) is 0.493. The molecule has 0 spiro atoms. The van der Waals surface area contributed by atoms with Gasteiger partial charge in [0, 0.05) is 19.7 Å². The number of nitrogens with two attached hydrogens (primary N) is 1. The molecule has 0 saturated heterocycles. The van der Waals surface area contributed by atoms with Crippen LogP contribution >= 0.6 is 0 Å². The van der Waals surface area contributed by atoms with Crippen LogP contribution in [0.1, 0.15) is 26.3 Å². The summed E-state index contributed by atoms with van der Waals surface area (Å²) in [5.41, 5.74) is 1.11. The van der Waals surface area contributed by atoms with E-state index in [0.29, 0.717) is 31.3 Å². The number of ether oxygens (including phenoxy) is 4. The Bertz CT molecular complexity index is 808. The van der Waals surface area contributed by atoms with E-state index in [1.165, 1.54) is 4.90 Å². The summed E-state index contributed by atoms with van der Waals surface area (Å²) in [5.74, 6) is 2.81. The molecule has 1 atom stereocenters. The van der Waals surface area contributed by atoms with Gasteiger partial charge in [-0.15, -0.1) is 0 Å². The minimum absolute atomic E-state index is 0.0904. The van der Waals surface area contributed by atoms with Crippen molar-refractivity contribution >= 4 is 5.91 Å². The molecule has 0 heterocycles. The van der Waals surface area contributed by atoms with Crippen LogP contribution < -0.4 is 24.3 Å². The van der Waals surface area contributed by atoms with Crippen LogP contribution in [0.5, 0.6) is 23.0 Å². The SMILES string of the molecule is CCOc1ccc(OCC[NH2+]Cc2ccc(O[C@H](C)C(=O)N(C)C)c(OCC)c2)cc1. The molecule has 0 unspecified atom stereocenters. The van der Waals surface area contributed by atoms with E-state index in [0.717, 1.165) is 30.2 Å². The van der Waals surface area contributed by atoms with Gasteiger partial charge < -0.3 is 29.2 Å². The standard InChI is InChI=1S/C24H34N2O5/c1-6-28-20-9-11-21(12-10-20)30-15-14-25-17-19-8-13-22(23(16-19)29-7-2)31-18(3)24(27)26(4)5/h8-13,16,18,25H,6-7,14-15,17H2,1-5H3/p+1/t18-/m1/s1. The second-order valence-corrected chi connectivity index (χ2v) is 7.24. The predicted octanol–water partition coefficient (Wildman–Crippen LogP) is 2.48. The molecule has 2 aromatic carbocycles. The van der Waals surface area contributed by atoms with E-state index < -0.39 is 6.10 Å². The Morgan fingerprint density at radius 3 is 2.19 bits per heavy atom. The molecule has 1 amide bonds. The lowest BCUT2D eigenvalue weighted by Crippen LogP contribution is -2.83. The third-order valence-electron chi connectivity index (χ3n) is 4.51. The lowest BCUT2D eigenvalue weighted by atomic mass is 10.2. The molecule has 0 radical (unpaired) electrons. The summed E-state index contributed by atoms with van der Waals surface area (Å²) in [6.07, 6.45) is -0.577. The summed E-state index contributed by atoms with van der Waals surface area (Å²) in [7, 11) is 3.42. The second kappa shape index (κ2) is 12.7. The first-order valence-corrected chi connectivity index (χ1v) is 10.8. The van der Waals surface area contributed by atoms with Gasteiger partial charge in [0.15, 0.2) is 17.6 Å². The molecule has 0 aromatic heterocycles. The van der Waals surface area contributed by atoms with Crippen molar-refractivity contribution in [3.05, 3.63) is 48.0 Å². The van der Waals surface area contributed by atoms with Gasteiger partial charge in [-0.05, 0) is 63.2 Å². The van der Waals surface area contributed by atoms with E-state index in [2.05, 4.69) is 5.32 Å². The number of carbonyl (C=O) groups excluding carboxylic acids is 1. The van der Waals surface area contributed by atoms with Crippen molar-refractivity contribution in [2.75, 3.05) is 40.5 Å².